The molecule has 0 radical (unpaired) electrons. The first kappa shape index (κ1) is 18.4. The highest BCUT2D eigenvalue weighted by Crippen LogP contribution is 2.40. The number of Topliss-reactive ketones (excluding diaryl/α,β-unsaturated/α-hetero) is 1. The van der Waals surface area contributed by atoms with Crippen LogP contribution in [0.1, 0.15) is 22.7 Å². The first-order valence-electron chi connectivity index (χ1n) is 8.93. The van der Waals surface area contributed by atoms with Gasteiger partial charge in [-0.25, -0.2) is 0 Å². The van der Waals surface area contributed by atoms with Gasteiger partial charge in [0, 0.05) is 36.9 Å². The number of aliphatic hydroxyl groups is 1. The molecule has 4 rings (SSSR count). The molecule has 144 valence electrons. The van der Waals surface area contributed by atoms with Gasteiger partial charge < -0.3 is 15.1 Å². The van der Waals surface area contributed by atoms with E-state index >= 15 is 0 Å². The van der Waals surface area contributed by atoms with Crippen molar-refractivity contribution in [3.63, 3.8) is 0 Å². The summed E-state index contributed by atoms with van der Waals surface area (Å²) in [5, 5.41) is 20.5. The molecule has 0 bridgehead atoms. The van der Waals surface area contributed by atoms with Gasteiger partial charge in [-0.05, 0) is 41.5 Å². The smallest absolute Gasteiger partial charge is 0.295 e. The molecule has 2 N–H and O–H groups in total. The van der Waals surface area contributed by atoms with Crippen molar-refractivity contribution in [1.29, 1.82) is 0 Å². The number of nitrogens with zero attached hydrogens (tertiary/aromatic N) is 3. The lowest BCUT2D eigenvalue weighted by Gasteiger charge is -2.25. The fourth-order valence-electron chi connectivity index (χ4n) is 3.40. The summed E-state index contributed by atoms with van der Waals surface area (Å²) in [6.45, 7) is 0.150. The lowest BCUT2D eigenvalue weighted by molar-refractivity contribution is -0.140. The van der Waals surface area contributed by atoms with Crippen LogP contribution in [0.5, 0.6) is 5.75 Å². The Morgan fingerprint density at radius 2 is 1.69 bits per heavy atom. The number of phenolic OH excluding ortho intramolecular Hbond substituents is 1. The predicted octanol–water partition coefficient (Wildman–Crippen LogP) is 2.80. The van der Waals surface area contributed by atoms with Crippen molar-refractivity contribution in [1.82, 2.24) is 14.9 Å². The van der Waals surface area contributed by atoms with E-state index < -0.39 is 17.7 Å². The number of benzene rings is 1. The molecule has 1 atom stereocenters. The Morgan fingerprint density at radius 3 is 2.34 bits per heavy atom. The third-order valence-electron chi connectivity index (χ3n) is 4.78. The SMILES string of the molecule is O=C1C(=O)N(Cc2cccnc2)C(c2ccc(O)cc2)/C1=C(\O)c1ccncc1. The molecule has 1 saturated heterocycles. The number of phenols is 1. The second-order valence-electron chi connectivity index (χ2n) is 6.62. The maximum atomic E-state index is 12.9. The summed E-state index contributed by atoms with van der Waals surface area (Å²) in [5.41, 5.74) is 1.74. The fourth-order valence-corrected chi connectivity index (χ4v) is 3.40. The molecule has 7 heteroatoms. The number of carbonyl (C=O) groups excluding carboxylic acids is 2. The molecule has 0 spiro atoms. The number of likely N-dealkylation sites (tertiary alicyclic amines) is 1. The first-order valence-corrected chi connectivity index (χ1v) is 8.93. The summed E-state index contributed by atoms with van der Waals surface area (Å²) in [6.07, 6.45) is 6.24. The molecule has 1 aromatic carbocycles. The molecule has 1 aliphatic rings. The number of ketones is 1. The van der Waals surface area contributed by atoms with Gasteiger partial charge >= 0.3 is 0 Å². The molecule has 1 unspecified atom stereocenters. The highest BCUT2D eigenvalue weighted by atomic mass is 16.3. The number of carbonyl (C=O) groups is 2. The van der Waals surface area contributed by atoms with Gasteiger partial charge in [0.25, 0.3) is 11.7 Å². The quantitative estimate of drug-likeness (QED) is 0.405. The van der Waals surface area contributed by atoms with Gasteiger partial charge in [-0.2, -0.15) is 0 Å². The number of hydrogen-bond acceptors (Lipinski definition) is 6. The first-order chi connectivity index (χ1) is 14.1. The Morgan fingerprint density at radius 1 is 0.966 bits per heavy atom. The molecule has 1 amide bonds. The van der Waals surface area contributed by atoms with E-state index in [1.807, 2.05) is 6.07 Å². The molecule has 29 heavy (non-hydrogen) atoms. The zero-order valence-corrected chi connectivity index (χ0v) is 15.3. The second-order valence-corrected chi connectivity index (χ2v) is 6.62. The Balaban J connectivity index is 1.86. The number of pyridine rings is 2. The summed E-state index contributed by atoms with van der Waals surface area (Å²) < 4.78 is 0. The van der Waals surface area contributed by atoms with Crippen molar-refractivity contribution in [3.05, 3.63) is 95.6 Å². The molecule has 3 aromatic rings. The minimum atomic E-state index is -0.802. The van der Waals surface area contributed by atoms with Crippen molar-refractivity contribution in [2.45, 2.75) is 12.6 Å². The lowest BCUT2D eigenvalue weighted by atomic mass is 9.95. The third-order valence-corrected chi connectivity index (χ3v) is 4.78. The zero-order valence-electron chi connectivity index (χ0n) is 15.3. The predicted molar refractivity (Wildman–Crippen MR) is 104 cm³/mol. The number of hydrogen-bond donors (Lipinski definition) is 2. The topological polar surface area (TPSA) is 104 Å². The minimum absolute atomic E-state index is 0.00391. The van der Waals surface area contributed by atoms with Crippen LogP contribution in [-0.4, -0.2) is 36.8 Å². The Hall–Kier alpha value is -4.00. The van der Waals surface area contributed by atoms with Crippen LogP contribution in [0, 0.1) is 0 Å². The van der Waals surface area contributed by atoms with Crippen molar-refractivity contribution in [3.8, 4) is 5.75 Å². The number of amides is 1. The number of aromatic nitrogens is 2. The van der Waals surface area contributed by atoms with Crippen molar-refractivity contribution >= 4 is 17.4 Å². The van der Waals surface area contributed by atoms with E-state index in [-0.39, 0.29) is 23.6 Å². The van der Waals surface area contributed by atoms with Crippen LogP contribution in [0.25, 0.3) is 5.76 Å². The van der Waals surface area contributed by atoms with Gasteiger partial charge in [0.05, 0.1) is 11.6 Å². The van der Waals surface area contributed by atoms with E-state index in [4.69, 9.17) is 0 Å². The van der Waals surface area contributed by atoms with E-state index in [2.05, 4.69) is 9.97 Å². The van der Waals surface area contributed by atoms with Gasteiger partial charge in [0.1, 0.15) is 11.5 Å². The zero-order chi connectivity index (χ0) is 20.4. The highest BCUT2D eigenvalue weighted by Gasteiger charge is 2.46. The average Bonchev–Trinajstić information content (AvgIpc) is 3.00. The molecular formula is C22H17N3O4. The summed E-state index contributed by atoms with van der Waals surface area (Å²) in [6, 6.07) is 12.1. The van der Waals surface area contributed by atoms with Gasteiger partial charge in [-0.1, -0.05) is 18.2 Å². The third kappa shape index (κ3) is 3.45. The van der Waals surface area contributed by atoms with E-state index in [1.165, 1.54) is 29.4 Å². The maximum Gasteiger partial charge on any atom is 0.295 e. The van der Waals surface area contributed by atoms with Crippen molar-refractivity contribution < 1.29 is 19.8 Å². The summed E-state index contributed by atoms with van der Waals surface area (Å²) in [4.78, 5) is 35.1. The summed E-state index contributed by atoms with van der Waals surface area (Å²) >= 11 is 0. The van der Waals surface area contributed by atoms with Crippen LogP contribution in [0.2, 0.25) is 0 Å². The minimum Gasteiger partial charge on any atom is -0.508 e. The molecule has 2 aromatic heterocycles. The maximum absolute atomic E-state index is 12.9. The number of rotatable bonds is 4. The van der Waals surface area contributed by atoms with Crippen molar-refractivity contribution in [2.24, 2.45) is 0 Å². The van der Waals surface area contributed by atoms with Gasteiger partial charge in [-0.15, -0.1) is 0 Å². The van der Waals surface area contributed by atoms with Crippen LogP contribution >= 0.6 is 0 Å². The molecule has 1 fully saturated rings. The Bertz CT molecular complexity index is 1080. The van der Waals surface area contributed by atoms with E-state index in [0.717, 1.165) is 5.56 Å². The standard InChI is InChI=1S/C22H17N3O4/c26-17-5-3-15(4-6-17)19-18(20(27)16-7-10-23-11-8-16)21(28)22(29)25(19)13-14-2-1-9-24-12-14/h1-12,19,26-27H,13H2/b20-18+. The van der Waals surface area contributed by atoms with Gasteiger partial charge in [-0.3, -0.25) is 19.6 Å². The Kier molecular flexibility index (Phi) is 4.78. The van der Waals surface area contributed by atoms with Gasteiger partial charge in [0.2, 0.25) is 0 Å². The van der Waals surface area contributed by atoms with Crippen LogP contribution in [0.4, 0.5) is 0 Å². The monoisotopic (exact) mass is 387 g/mol. The number of aromatic hydroxyl groups is 1. The van der Waals surface area contributed by atoms with Crippen molar-refractivity contribution in [2.75, 3.05) is 0 Å². The molecule has 1 aliphatic heterocycles. The van der Waals surface area contributed by atoms with E-state index in [0.29, 0.717) is 11.1 Å². The van der Waals surface area contributed by atoms with E-state index in [1.54, 1.807) is 42.7 Å². The Labute approximate surface area is 166 Å². The average molecular weight is 387 g/mol. The number of aliphatic hydroxyl groups excluding tert-OH is 1. The van der Waals surface area contributed by atoms with Crippen LogP contribution in [0.3, 0.4) is 0 Å². The normalized spacial score (nSPS) is 18.2. The molecule has 3 heterocycles. The summed E-state index contributed by atoms with van der Waals surface area (Å²) in [5.74, 6) is -1.67. The van der Waals surface area contributed by atoms with Crippen LogP contribution in [0.15, 0.2) is 78.9 Å². The second kappa shape index (κ2) is 7.55. The van der Waals surface area contributed by atoms with Crippen LogP contribution < -0.4 is 0 Å². The summed E-state index contributed by atoms with van der Waals surface area (Å²) in [7, 11) is 0. The van der Waals surface area contributed by atoms with Gasteiger partial charge in [0.15, 0.2) is 0 Å². The van der Waals surface area contributed by atoms with Crippen LogP contribution in [-0.2, 0) is 16.1 Å². The molecular weight excluding hydrogens is 370 g/mol. The largest absolute Gasteiger partial charge is 0.508 e. The molecule has 0 saturated carbocycles. The molecule has 7 nitrogen and oxygen atoms in total. The fraction of sp³-hybridized carbons (Fsp3) is 0.0909. The lowest BCUT2D eigenvalue weighted by Crippen LogP contribution is -2.29. The highest BCUT2D eigenvalue weighted by molar-refractivity contribution is 6.46. The molecule has 0 aliphatic carbocycles. The van der Waals surface area contributed by atoms with E-state index in [9.17, 15) is 19.8 Å².